The molecule has 0 saturated carbocycles. The highest BCUT2D eigenvalue weighted by atomic mass is 16.5. The van der Waals surface area contributed by atoms with Gasteiger partial charge >= 0.3 is 6.03 Å². The Kier molecular flexibility index (Phi) is 6.07. The first-order valence-corrected chi connectivity index (χ1v) is 8.60. The van der Waals surface area contributed by atoms with Crippen molar-refractivity contribution in [3.63, 3.8) is 0 Å². The molecule has 136 valence electrons. The minimum Gasteiger partial charge on any atom is -0.489 e. The van der Waals surface area contributed by atoms with Crippen molar-refractivity contribution >= 4 is 11.7 Å². The second kappa shape index (κ2) is 8.05. The Morgan fingerprint density at radius 2 is 1.92 bits per heavy atom. The van der Waals surface area contributed by atoms with Crippen molar-refractivity contribution < 1.29 is 9.53 Å². The first-order chi connectivity index (χ1) is 11.8. The number of aryl methyl sites for hydroxylation is 2. The minimum atomic E-state index is -0.244. The highest BCUT2D eigenvalue weighted by Crippen LogP contribution is 2.24. The summed E-state index contributed by atoms with van der Waals surface area (Å²) in [6.07, 6.45) is 0.782. The second-order valence-corrected chi connectivity index (χ2v) is 6.64. The Labute approximate surface area is 149 Å². The molecule has 0 saturated heterocycles. The van der Waals surface area contributed by atoms with E-state index in [9.17, 15) is 4.79 Å². The van der Waals surface area contributed by atoms with Crippen LogP contribution in [0.1, 0.15) is 37.7 Å². The van der Waals surface area contributed by atoms with E-state index in [0.717, 1.165) is 17.8 Å². The molecule has 2 amide bonds. The maximum Gasteiger partial charge on any atom is 0.319 e. The van der Waals surface area contributed by atoms with Crippen LogP contribution in [0.3, 0.4) is 0 Å². The minimum absolute atomic E-state index is 0.0141. The van der Waals surface area contributed by atoms with Gasteiger partial charge in [-0.25, -0.2) is 4.79 Å². The molecule has 0 unspecified atom stereocenters. The summed E-state index contributed by atoms with van der Waals surface area (Å²) >= 11 is 0. The van der Waals surface area contributed by atoms with E-state index >= 15 is 0 Å². The van der Waals surface area contributed by atoms with Crippen LogP contribution in [0, 0.1) is 13.8 Å². The molecule has 1 aromatic carbocycles. The first-order valence-electron chi connectivity index (χ1n) is 8.60. The fourth-order valence-electron chi connectivity index (χ4n) is 2.78. The molecule has 25 heavy (non-hydrogen) atoms. The smallest absolute Gasteiger partial charge is 0.319 e. The lowest BCUT2D eigenvalue weighted by molar-refractivity contribution is 0.241. The van der Waals surface area contributed by atoms with Crippen molar-refractivity contribution in [3.8, 4) is 5.75 Å². The monoisotopic (exact) mass is 344 g/mol. The number of hydrogen-bond acceptors (Lipinski definition) is 3. The van der Waals surface area contributed by atoms with Gasteiger partial charge in [0.15, 0.2) is 0 Å². The first kappa shape index (κ1) is 18.8. The number of urea groups is 1. The van der Waals surface area contributed by atoms with Gasteiger partial charge in [-0.15, -0.1) is 0 Å². The van der Waals surface area contributed by atoms with Crippen LogP contribution in [-0.2, 0) is 13.5 Å². The zero-order chi connectivity index (χ0) is 18.6. The lowest BCUT2D eigenvalue weighted by atomic mass is 10.1. The Bertz CT molecular complexity index is 737. The Balaban J connectivity index is 1.98. The largest absolute Gasteiger partial charge is 0.489 e. The van der Waals surface area contributed by atoms with Crippen LogP contribution in [0.4, 0.5) is 10.5 Å². The number of hydrogen-bond donors (Lipinski definition) is 2. The molecule has 2 aromatic rings. The second-order valence-electron chi connectivity index (χ2n) is 6.64. The van der Waals surface area contributed by atoms with Crippen molar-refractivity contribution in [2.24, 2.45) is 7.05 Å². The average Bonchev–Trinajstić information content (AvgIpc) is 2.75. The fraction of sp³-hybridized carbons (Fsp3) is 0.474. The number of anilines is 1. The van der Waals surface area contributed by atoms with Crippen LogP contribution in [-0.4, -0.2) is 28.0 Å². The van der Waals surface area contributed by atoms with Crippen molar-refractivity contribution in [2.45, 2.75) is 53.2 Å². The molecule has 0 fully saturated rings. The Morgan fingerprint density at radius 3 is 2.52 bits per heavy atom. The third kappa shape index (κ3) is 4.98. The van der Waals surface area contributed by atoms with Gasteiger partial charge in [0.2, 0.25) is 0 Å². The highest BCUT2D eigenvalue weighted by molar-refractivity contribution is 5.91. The molecule has 6 nitrogen and oxygen atoms in total. The Morgan fingerprint density at radius 1 is 1.24 bits per heavy atom. The van der Waals surface area contributed by atoms with Crippen LogP contribution in [0.2, 0.25) is 0 Å². The molecule has 0 bridgehead atoms. The van der Waals surface area contributed by atoms with E-state index in [1.807, 2.05) is 70.6 Å². The zero-order valence-corrected chi connectivity index (χ0v) is 15.9. The molecule has 0 aliphatic rings. The van der Waals surface area contributed by atoms with Crippen molar-refractivity contribution in [3.05, 3.63) is 41.2 Å². The molecular weight excluding hydrogens is 316 g/mol. The fourth-order valence-corrected chi connectivity index (χ4v) is 2.78. The summed E-state index contributed by atoms with van der Waals surface area (Å²) < 4.78 is 7.60. The maximum absolute atomic E-state index is 12.3. The number of benzene rings is 1. The van der Waals surface area contributed by atoms with E-state index in [-0.39, 0.29) is 18.2 Å². The van der Waals surface area contributed by atoms with Gasteiger partial charge < -0.3 is 15.4 Å². The molecule has 1 heterocycles. The quantitative estimate of drug-likeness (QED) is 0.842. The van der Waals surface area contributed by atoms with Crippen LogP contribution >= 0.6 is 0 Å². The van der Waals surface area contributed by atoms with Gasteiger partial charge in [0, 0.05) is 18.8 Å². The molecule has 2 N–H and O–H groups in total. The van der Waals surface area contributed by atoms with Crippen molar-refractivity contribution in [1.82, 2.24) is 15.1 Å². The lowest BCUT2D eigenvalue weighted by Gasteiger charge is -2.17. The van der Waals surface area contributed by atoms with Gasteiger partial charge in [-0.3, -0.25) is 4.68 Å². The van der Waals surface area contributed by atoms with E-state index < -0.39 is 0 Å². The van der Waals surface area contributed by atoms with Crippen molar-refractivity contribution in [2.75, 3.05) is 5.32 Å². The molecule has 0 spiro atoms. The number of nitrogens with zero attached hydrogens (tertiary/aromatic N) is 2. The summed E-state index contributed by atoms with van der Waals surface area (Å²) in [7, 11) is 1.93. The summed E-state index contributed by atoms with van der Waals surface area (Å²) in [6.45, 7) is 9.94. The van der Waals surface area contributed by atoms with E-state index in [1.54, 1.807) is 0 Å². The van der Waals surface area contributed by atoms with E-state index in [0.29, 0.717) is 11.4 Å². The summed E-state index contributed by atoms with van der Waals surface area (Å²) in [6, 6.07) is 7.18. The number of aromatic nitrogens is 2. The van der Waals surface area contributed by atoms with Gasteiger partial charge in [0.05, 0.1) is 17.5 Å². The standard InChI is InChI=1S/C19H28N4O2/c1-12(2)25-18-10-8-7-9-17(18)21-19(24)20-13(3)11-16-14(4)22-23(6)15(16)5/h7-10,12-13H,11H2,1-6H3,(H2,20,21,24)/t13-/m1/s1. The summed E-state index contributed by atoms with van der Waals surface area (Å²) in [5.41, 5.74) is 3.97. The third-order valence-electron chi connectivity index (χ3n) is 4.04. The molecular formula is C19H28N4O2. The van der Waals surface area contributed by atoms with Gasteiger partial charge in [-0.1, -0.05) is 12.1 Å². The topological polar surface area (TPSA) is 68.2 Å². The van der Waals surface area contributed by atoms with Crippen molar-refractivity contribution in [1.29, 1.82) is 0 Å². The molecule has 0 aliphatic carbocycles. The van der Waals surface area contributed by atoms with Gasteiger partial charge in [0.1, 0.15) is 5.75 Å². The molecule has 2 rings (SSSR count). The molecule has 6 heteroatoms. The van der Waals surface area contributed by atoms with Gasteiger partial charge in [-0.05, 0) is 58.7 Å². The summed E-state index contributed by atoms with van der Waals surface area (Å²) in [4.78, 5) is 12.3. The number of carbonyl (C=O) groups is 1. The van der Waals surface area contributed by atoms with Gasteiger partial charge in [0.25, 0.3) is 0 Å². The highest BCUT2D eigenvalue weighted by Gasteiger charge is 2.15. The molecule has 0 aliphatic heterocycles. The van der Waals surface area contributed by atoms with E-state index in [4.69, 9.17) is 4.74 Å². The maximum atomic E-state index is 12.3. The number of amides is 2. The molecule has 0 radical (unpaired) electrons. The Hall–Kier alpha value is -2.50. The number of para-hydroxylation sites is 2. The number of nitrogens with one attached hydrogen (secondary N) is 2. The molecule has 1 aromatic heterocycles. The SMILES string of the molecule is Cc1nn(C)c(C)c1C[C@@H](C)NC(=O)Nc1ccccc1OC(C)C. The third-order valence-corrected chi connectivity index (χ3v) is 4.04. The normalized spacial score (nSPS) is 12.1. The average molecular weight is 344 g/mol. The van der Waals surface area contributed by atoms with E-state index in [1.165, 1.54) is 5.56 Å². The molecule has 1 atom stereocenters. The lowest BCUT2D eigenvalue weighted by Crippen LogP contribution is -2.37. The van der Waals surface area contributed by atoms with Gasteiger partial charge in [-0.2, -0.15) is 5.10 Å². The van der Waals surface area contributed by atoms with Crippen LogP contribution in [0.5, 0.6) is 5.75 Å². The summed E-state index contributed by atoms with van der Waals surface area (Å²) in [5, 5.41) is 10.3. The number of carbonyl (C=O) groups excluding carboxylic acids is 1. The zero-order valence-electron chi connectivity index (χ0n) is 15.9. The predicted octanol–water partition coefficient (Wildman–Crippen LogP) is 3.58. The number of rotatable bonds is 6. The van der Waals surface area contributed by atoms with Crippen LogP contribution in [0.15, 0.2) is 24.3 Å². The van der Waals surface area contributed by atoms with Crippen LogP contribution in [0.25, 0.3) is 0 Å². The summed E-state index contributed by atoms with van der Waals surface area (Å²) in [5.74, 6) is 0.666. The number of ether oxygens (including phenoxy) is 1. The van der Waals surface area contributed by atoms with E-state index in [2.05, 4.69) is 15.7 Å². The predicted molar refractivity (Wildman–Crippen MR) is 100 cm³/mol. The van der Waals surface area contributed by atoms with Crippen LogP contribution < -0.4 is 15.4 Å².